The maximum atomic E-state index is 8.70. The van der Waals surface area contributed by atoms with Gasteiger partial charge >= 0.3 is 0 Å². The van der Waals surface area contributed by atoms with Crippen molar-refractivity contribution in [1.82, 2.24) is 0 Å². The Kier molecular flexibility index (Phi) is 5.74. The Morgan fingerprint density at radius 2 is 1.43 bits per heavy atom. The zero-order valence-corrected chi connectivity index (χ0v) is 12.7. The second-order valence-corrected chi connectivity index (χ2v) is 5.16. The zero-order valence-electron chi connectivity index (χ0n) is 11.2. The van der Waals surface area contributed by atoms with Crippen LogP contribution in [-0.4, -0.2) is 13.2 Å². The third-order valence-corrected chi connectivity index (χ3v) is 3.08. The smallest absolute Gasteiger partial charge is 0.122 e. The molecule has 0 saturated heterocycles. The van der Waals surface area contributed by atoms with Crippen LogP contribution in [0.3, 0.4) is 0 Å². The summed E-state index contributed by atoms with van der Waals surface area (Å²) in [7, 11) is 0. The lowest BCUT2D eigenvalue weighted by Crippen LogP contribution is -2.05. The molecule has 0 fully saturated rings. The Hall–Kier alpha value is -1.89. The van der Waals surface area contributed by atoms with Gasteiger partial charge in [0.25, 0.3) is 0 Å². The summed E-state index contributed by atoms with van der Waals surface area (Å²) in [4.78, 5) is 0. The summed E-state index contributed by atoms with van der Waals surface area (Å²) in [6, 6.07) is 14.1. The highest BCUT2D eigenvalue weighted by molar-refractivity contribution is 6.34. The average Bonchev–Trinajstić information content (AvgIpc) is 2.46. The van der Waals surface area contributed by atoms with Crippen LogP contribution in [0.2, 0.25) is 10.0 Å². The number of hydrogen-bond donors (Lipinski definition) is 0. The molecule has 108 valence electrons. The summed E-state index contributed by atoms with van der Waals surface area (Å²) in [5, 5.41) is 9.79. The van der Waals surface area contributed by atoms with Crippen LogP contribution < -0.4 is 9.47 Å². The molecule has 0 aliphatic heterocycles. The number of rotatable bonds is 6. The Balaban J connectivity index is 1.71. The number of hydrogen-bond acceptors (Lipinski definition) is 3. The van der Waals surface area contributed by atoms with Gasteiger partial charge in [-0.1, -0.05) is 23.2 Å². The summed E-state index contributed by atoms with van der Waals surface area (Å²) in [5.41, 5.74) is 0.614. The van der Waals surface area contributed by atoms with Crippen LogP contribution in [-0.2, 0) is 0 Å². The van der Waals surface area contributed by atoms with Crippen molar-refractivity contribution in [1.29, 1.82) is 5.26 Å². The maximum absolute atomic E-state index is 8.70. The van der Waals surface area contributed by atoms with Crippen molar-refractivity contribution in [2.75, 3.05) is 13.2 Å². The highest BCUT2D eigenvalue weighted by Crippen LogP contribution is 2.24. The molecule has 0 atom stereocenters. The first kappa shape index (κ1) is 15.5. The van der Waals surface area contributed by atoms with E-state index < -0.39 is 0 Å². The third kappa shape index (κ3) is 5.18. The number of ether oxygens (including phenoxy) is 2. The van der Waals surface area contributed by atoms with E-state index in [1.165, 1.54) is 0 Å². The maximum Gasteiger partial charge on any atom is 0.122 e. The number of nitrogens with zero attached hydrogens (tertiary/aromatic N) is 1. The minimum absolute atomic E-state index is 0.507. The van der Waals surface area contributed by atoms with Gasteiger partial charge in [0.1, 0.15) is 11.5 Å². The van der Waals surface area contributed by atoms with Crippen molar-refractivity contribution >= 4 is 23.2 Å². The van der Waals surface area contributed by atoms with E-state index in [1.807, 2.05) is 0 Å². The molecule has 0 aliphatic carbocycles. The van der Waals surface area contributed by atoms with E-state index in [9.17, 15) is 0 Å². The summed E-state index contributed by atoms with van der Waals surface area (Å²) in [5.74, 6) is 1.38. The van der Waals surface area contributed by atoms with Gasteiger partial charge < -0.3 is 9.47 Å². The number of benzene rings is 2. The van der Waals surface area contributed by atoms with Crippen molar-refractivity contribution in [2.24, 2.45) is 0 Å². The predicted octanol–water partition coefficient (Wildman–Crippen LogP) is 4.71. The number of nitriles is 1. The minimum Gasteiger partial charge on any atom is -0.493 e. The molecule has 0 unspecified atom stereocenters. The zero-order chi connectivity index (χ0) is 15.1. The molecule has 3 nitrogen and oxygen atoms in total. The Morgan fingerprint density at radius 3 is 2.00 bits per heavy atom. The molecule has 0 saturated carbocycles. The summed E-state index contributed by atoms with van der Waals surface area (Å²) in [6.45, 7) is 1.03. The van der Waals surface area contributed by atoms with Crippen LogP contribution in [0, 0.1) is 11.3 Å². The van der Waals surface area contributed by atoms with E-state index in [0.29, 0.717) is 34.6 Å². The van der Waals surface area contributed by atoms with Crippen LogP contribution in [0.1, 0.15) is 12.0 Å². The van der Waals surface area contributed by atoms with Crippen LogP contribution in [0.15, 0.2) is 42.5 Å². The van der Waals surface area contributed by atoms with E-state index in [1.54, 1.807) is 42.5 Å². The fourth-order valence-corrected chi connectivity index (χ4v) is 2.18. The molecule has 21 heavy (non-hydrogen) atoms. The minimum atomic E-state index is 0.507. The third-order valence-electron chi connectivity index (χ3n) is 2.65. The van der Waals surface area contributed by atoms with Gasteiger partial charge in [-0.3, -0.25) is 0 Å². The lowest BCUT2D eigenvalue weighted by molar-refractivity contribution is 0.247. The van der Waals surface area contributed by atoms with Crippen molar-refractivity contribution in [2.45, 2.75) is 6.42 Å². The molecule has 5 heteroatoms. The lowest BCUT2D eigenvalue weighted by Gasteiger charge is -2.08. The molecular weight excluding hydrogens is 309 g/mol. The standard InChI is InChI=1S/C16H13Cl2NO2/c17-13-8-14(18)10-16(9-13)21-7-1-6-20-15-4-2-12(11-19)3-5-15/h2-5,8-10H,1,6-7H2. The monoisotopic (exact) mass is 321 g/mol. The second kappa shape index (κ2) is 7.78. The highest BCUT2D eigenvalue weighted by atomic mass is 35.5. The first-order valence-electron chi connectivity index (χ1n) is 6.39. The highest BCUT2D eigenvalue weighted by Gasteiger charge is 2.00. The molecule has 0 aromatic heterocycles. The van der Waals surface area contributed by atoms with E-state index in [2.05, 4.69) is 6.07 Å². The topological polar surface area (TPSA) is 42.2 Å². The molecule has 2 aromatic carbocycles. The first-order chi connectivity index (χ1) is 10.2. The molecular formula is C16H13Cl2NO2. The molecule has 0 amide bonds. The molecule has 2 rings (SSSR count). The van der Waals surface area contributed by atoms with Gasteiger partial charge in [0.05, 0.1) is 24.8 Å². The SMILES string of the molecule is N#Cc1ccc(OCCCOc2cc(Cl)cc(Cl)c2)cc1. The largest absolute Gasteiger partial charge is 0.493 e. The Labute approximate surface area is 133 Å². The summed E-state index contributed by atoms with van der Waals surface area (Å²) >= 11 is 11.8. The molecule has 0 bridgehead atoms. The van der Waals surface area contributed by atoms with Crippen LogP contribution in [0.25, 0.3) is 0 Å². The predicted molar refractivity (Wildman–Crippen MR) is 83.2 cm³/mol. The molecule has 0 spiro atoms. The van der Waals surface area contributed by atoms with Crippen LogP contribution in [0.5, 0.6) is 11.5 Å². The fourth-order valence-electron chi connectivity index (χ4n) is 1.68. The lowest BCUT2D eigenvalue weighted by atomic mass is 10.2. The van der Waals surface area contributed by atoms with Crippen LogP contribution >= 0.6 is 23.2 Å². The second-order valence-electron chi connectivity index (χ2n) is 4.29. The first-order valence-corrected chi connectivity index (χ1v) is 7.15. The van der Waals surface area contributed by atoms with Gasteiger partial charge in [-0.05, 0) is 42.5 Å². The summed E-state index contributed by atoms with van der Waals surface area (Å²) < 4.78 is 11.1. The molecule has 0 N–H and O–H groups in total. The van der Waals surface area contributed by atoms with Crippen molar-refractivity contribution in [3.05, 3.63) is 58.1 Å². The van der Waals surface area contributed by atoms with E-state index >= 15 is 0 Å². The molecule has 0 aliphatic rings. The van der Waals surface area contributed by atoms with Gasteiger partial charge in [-0.25, -0.2) is 0 Å². The normalized spacial score (nSPS) is 9.95. The quantitative estimate of drug-likeness (QED) is 0.723. The number of halogens is 2. The van der Waals surface area contributed by atoms with Gasteiger partial charge in [0.2, 0.25) is 0 Å². The molecule has 2 aromatic rings. The van der Waals surface area contributed by atoms with Crippen LogP contribution in [0.4, 0.5) is 0 Å². The van der Waals surface area contributed by atoms with E-state index in [-0.39, 0.29) is 0 Å². The van der Waals surface area contributed by atoms with E-state index in [0.717, 1.165) is 12.2 Å². The van der Waals surface area contributed by atoms with Gasteiger partial charge in [-0.2, -0.15) is 5.26 Å². The van der Waals surface area contributed by atoms with Gasteiger partial charge in [0, 0.05) is 16.5 Å². The van der Waals surface area contributed by atoms with E-state index in [4.69, 9.17) is 37.9 Å². The fraction of sp³-hybridized carbons (Fsp3) is 0.188. The van der Waals surface area contributed by atoms with Crippen molar-refractivity contribution in [3.8, 4) is 17.6 Å². The Morgan fingerprint density at radius 1 is 0.857 bits per heavy atom. The van der Waals surface area contributed by atoms with Crippen molar-refractivity contribution in [3.63, 3.8) is 0 Å². The molecule has 0 heterocycles. The molecule has 0 radical (unpaired) electrons. The van der Waals surface area contributed by atoms with Gasteiger partial charge in [-0.15, -0.1) is 0 Å². The van der Waals surface area contributed by atoms with Crippen molar-refractivity contribution < 1.29 is 9.47 Å². The van der Waals surface area contributed by atoms with Gasteiger partial charge in [0.15, 0.2) is 0 Å². The average molecular weight is 322 g/mol. The summed E-state index contributed by atoms with van der Waals surface area (Å²) in [6.07, 6.45) is 0.726. The Bertz CT molecular complexity index is 615.